The fourth-order valence-electron chi connectivity index (χ4n) is 1.67. The topological polar surface area (TPSA) is 41.6 Å². The van der Waals surface area contributed by atoms with Gasteiger partial charge in [0.05, 0.1) is 5.52 Å². The number of rotatable bonds is 1. The minimum absolute atomic E-state index is 0.362. The Hall–Kier alpha value is -2.30. The number of hydrogen-bond donors (Lipinski definition) is 1. The summed E-state index contributed by atoms with van der Waals surface area (Å²) in [6.07, 6.45) is 1.61. The summed E-state index contributed by atoms with van der Waals surface area (Å²) in [5.74, 6) is -0.862. The highest BCUT2D eigenvalue weighted by atomic mass is 19.1. The number of fused-ring (bicyclic) bond motifs is 1. The van der Waals surface area contributed by atoms with Crippen molar-refractivity contribution < 1.29 is 8.78 Å². The Morgan fingerprint density at radius 3 is 2.53 bits per heavy atom. The zero-order valence-corrected chi connectivity index (χ0v) is 8.61. The summed E-state index contributed by atoms with van der Waals surface area (Å²) in [5.41, 5.74) is 1.61. The molecule has 0 spiro atoms. The highest BCUT2D eigenvalue weighted by molar-refractivity contribution is 5.75. The normalized spacial score (nSPS) is 10.9. The molecule has 0 saturated carbocycles. The summed E-state index contributed by atoms with van der Waals surface area (Å²) in [6, 6.07) is 6.83. The molecule has 1 aromatic carbocycles. The number of hydrogen-bond acceptors (Lipinski definition) is 2. The lowest BCUT2D eigenvalue weighted by Gasteiger charge is -1.97. The van der Waals surface area contributed by atoms with Crippen molar-refractivity contribution >= 4 is 11.2 Å². The van der Waals surface area contributed by atoms with Crippen molar-refractivity contribution in [3.05, 3.63) is 48.2 Å². The van der Waals surface area contributed by atoms with E-state index in [1.165, 1.54) is 12.1 Å². The van der Waals surface area contributed by atoms with Crippen molar-refractivity contribution in [3.63, 3.8) is 0 Å². The third kappa shape index (κ3) is 1.75. The number of H-pyrrole nitrogens is 1. The van der Waals surface area contributed by atoms with Crippen LogP contribution in [0.15, 0.2) is 36.5 Å². The van der Waals surface area contributed by atoms with Gasteiger partial charge in [-0.1, -0.05) is 0 Å². The van der Waals surface area contributed by atoms with Gasteiger partial charge < -0.3 is 4.98 Å². The molecule has 1 N–H and O–H groups in total. The van der Waals surface area contributed by atoms with Gasteiger partial charge >= 0.3 is 0 Å². The van der Waals surface area contributed by atoms with Gasteiger partial charge in [0.25, 0.3) is 0 Å². The molecule has 2 heterocycles. The highest BCUT2D eigenvalue weighted by Gasteiger charge is 2.08. The smallest absolute Gasteiger partial charge is 0.178 e. The van der Waals surface area contributed by atoms with Crippen molar-refractivity contribution in [2.24, 2.45) is 0 Å². The van der Waals surface area contributed by atoms with E-state index in [2.05, 4.69) is 15.0 Å². The van der Waals surface area contributed by atoms with Gasteiger partial charge in [0.1, 0.15) is 17.5 Å². The lowest BCUT2D eigenvalue weighted by Crippen LogP contribution is -1.85. The number of benzene rings is 1. The van der Waals surface area contributed by atoms with Crippen LogP contribution in [0, 0.1) is 11.6 Å². The number of halogens is 2. The molecule has 0 fully saturated rings. The van der Waals surface area contributed by atoms with E-state index in [9.17, 15) is 8.78 Å². The first-order chi connectivity index (χ1) is 8.22. The van der Waals surface area contributed by atoms with E-state index in [4.69, 9.17) is 0 Å². The number of pyridine rings is 1. The van der Waals surface area contributed by atoms with Crippen molar-refractivity contribution in [2.45, 2.75) is 0 Å². The SMILES string of the molecule is Fc1cc(F)cc(-c2nc3ncccc3[nH]2)c1. The van der Waals surface area contributed by atoms with E-state index in [0.717, 1.165) is 11.6 Å². The van der Waals surface area contributed by atoms with E-state index in [-0.39, 0.29) is 0 Å². The minimum atomic E-state index is -0.631. The number of nitrogens with zero attached hydrogens (tertiary/aromatic N) is 2. The molecule has 2 aromatic heterocycles. The summed E-state index contributed by atoms with van der Waals surface area (Å²) in [6.45, 7) is 0. The van der Waals surface area contributed by atoms with Crippen LogP contribution >= 0.6 is 0 Å². The van der Waals surface area contributed by atoms with Crippen LogP contribution in [0.1, 0.15) is 0 Å². The molecule has 0 amide bonds. The maximum Gasteiger partial charge on any atom is 0.178 e. The maximum absolute atomic E-state index is 13.1. The van der Waals surface area contributed by atoms with Crippen LogP contribution in [-0.2, 0) is 0 Å². The second-order valence-corrected chi connectivity index (χ2v) is 3.62. The quantitative estimate of drug-likeness (QED) is 0.699. The first-order valence-electron chi connectivity index (χ1n) is 4.99. The van der Waals surface area contributed by atoms with Gasteiger partial charge in [0.2, 0.25) is 0 Å². The molecule has 0 bridgehead atoms. The molecule has 84 valence electrons. The van der Waals surface area contributed by atoms with Gasteiger partial charge in [-0.05, 0) is 24.3 Å². The predicted octanol–water partition coefficient (Wildman–Crippen LogP) is 2.90. The first kappa shape index (κ1) is 9.89. The molecule has 0 unspecified atom stereocenters. The molecule has 0 radical (unpaired) electrons. The minimum Gasteiger partial charge on any atom is -0.337 e. The number of nitrogens with one attached hydrogen (secondary N) is 1. The molecular formula is C12H7F2N3. The number of imidazole rings is 1. The number of aromatic nitrogens is 3. The average Bonchev–Trinajstić information content (AvgIpc) is 2.71. The summed E-state index contributed by atoms with van der Waals surface area (Å²) in [7, 11) is 0. The molecule has 5 heteroatoms. The Morgan fingerprint density at radius 1 is 1.06 bits per heavy atom. The zero-order chi connectivity index (χ0) is 11.8. The lowest BCUT2D eigenvalue weighted by atomic mass is 10.2. The van der Waals surface area contributed by atoms with Gasteiger partial charge in [0.15, 0.2) is 5.65 Å². The number of aromatic amines is 1. The van der Waals surface area contributed by atoms with Crippen LogP contribution in [0.25, 0.3) is 22.6 Å². The standard InChI is InChI=1S/C12H7F2N3/c13-8-4-7(5-9(14)6-8)11-16-10-2-1-3-15-12(10)17-11/h1-6H,(H,15,16,17). The van der Waals surface area contributed by atoms with Gasteiger partial charge in [-0.2, -0.15) is 0 Å². The Labute approximate surface area is 95.1 Å². The Bertz CT molecular complexity index is 638. The van der Waals surface area contributed by atoms with Crippen LogP contribution in [0.2, 0.25) is 0 Å². The highest BCUT2D eigenvalue weighted by Crippen LogP contribution is 2.21. The van der Waals surface area contributed by atoms with E-state index < -0.39 is 11.6 Å². The van der Waals surface area contributed by atoms with Crippen molar-refractivity contribution in [2.75, 3.05) is 0 Å². The van der Waals surface area contributed by atoms with Crippen molar-refractivity contribution in [1.29, 1.82) is 0 Å². The van der Waals surface area contributed by atoms with E-state index in [1.807, 2.05) is 0 Å². The van der Waals surface area contributed by atoms with Crippen LogP contribution in [0.5, 0.6) is 0 Å². The van der Waals surface area contributed by atoms with E-state index in [0.29, 0.717) is 17.0 Å². The van der Waals surface area contributed by atoms with Gasteiger partial charge in [0, 0.05) is 17.8 Å². The second kappa shape index (κ2) is 3.62. The second-order valence-electron chi connectivity index (χ2n) is 3.62. The fraction of sp³-hybridized carbons (Fsp3) is 0. The molecule has 0 saturated heterocycles. The summed E-state index contributed by atoms with van der Waals surface area (Å²) < 4.78 is 26.1. The average molecular weight is 231 g/mol. The lowest BCUT2D eigenvalue weighted by molar-refractivity contribution is 0.584. The van der Waals surface area contributed by atoms with Gasteiger partial charge in [-0.3, -0.25) is 0 Å². The molecule has 3 rings (SSSR count). The monoisotopic (exact) mass is 231 g/mol. The van der Waals surface area contributed by atoms with Crippen LogP contribution in [-0.4, -0.2) is 15.0 Å². The maximum atomic E-state index is 13.1. The molecule has 3 aromatic rings. The van der Waals surface area contributed by atoms with E-state index >= 15 is 0 Å². The molecular weight excluding hydrogens is 224 g/mol. The summed E-state index contributed by atoms with van der Waals surface area (Å²) >= 11 is 0. The Balaban J connectivity index is 2.20. The predicted molar refractivity (Wildman–Crippen MR) is 59.2 cm³/mol. The van der Waals surface area contributed by atoms with Gasteiger partial charge in [-0.15, -0.1) is 0 Å². The Morgan fingerprint density at radius 2 is 1.82 bits per heavy atom. The zero-order valence-electron chi connectivity index (χ0n) is 8.61. The third-order valence-electron chi connectivity index (χ3n) is 2.39. The first-order valence-corrected chi connectivity index (χ1v) is 4.99. The van der Waals surface area contributed by atoms with Gasteiger partial charge in [-0.25, -0.2) is 18.7 Å². The molecule has 0 atom stereocenters. The van der Waals surface area contributed by atoms with Crippen molar-refractivity contribution in [3.8, 4) is 11.4 Å². The Kier molecular flexibility index (Phi) is 2.11. The fourth-order valence-corrected chi connectivity index (χ4v) is 1.67. The van der Waals surface area contributed by atoms with Crippen molar-refractivity contribution in [1.82, 2.24) is 15.0 Å². The summed E-state index contributed by atoms with van der Waals surface area (Å²) in [5, 5.41) is 0. The molecule has 0 aliphatic rings. The molecule has 0 aliphatic carbocycles. The van der Waals surface area contributed by atoms with Crippen LogP contribution < -0.4 is 0 Å². The molecule has 17 heavy (non-hydrogen) atoms. The molecule has 3 nitrogen and oxygen atoms in total. The third-order valence-corrected chi connectivity index (χ3v) is 2.39. The van der Waals surface area contributed by atoms with Crippen LogP contribution in [0.3, 0.4) is 0 Å². The largest absolute Gasteiger partial charge is 0.337 e. The molecule has 0 aliphatic heterocycles. The van der Waals surface area contributed by atoms with Crippen LogP contribution in [0.4, 0.5) is 8.78 Å². The summed E-state index contributed by atoms with van der Waals surface area (Å²) in [4.78, 5) is 11.2. The van der Waals surface area contributed by atoms with E-state index in [1.54, 1.807) is 18.3 Å².